The predicted octanol–water partition coefficient (Wildman–Crippen LogP) is 1.23. The SMILES string of the molecule is c1c[nH]cn1.c1cc[nH]c1.c1cn[nH]n1. The highest BCUT2D eigenvalue weighted by atomic mass is 15.3. The lowest BCUT2D eigenvalue weighted by Gasteiger charge is -1.49. The number of aromatic nitrogens is 6. The zero-order valence-electron chi connectivity index (χ0n) is 8.04. The molecular weight excluding hydrogens is 192 g/mol. The van der Waals surface area contributed by atoms with E-state index in [9.17, 15) is 0 Å². The standard InChI is InChI=1S/C4H5N.C3H4N2.C2H3N3/c1-2-4-5-3-1;1-2-5-3-4-1;1-2-4-5-3-1/h1-5H;1-3H,(H,4,5);1-2H,(H,3,4,5). The number of aromatic amines is 3. The Kier molecular flexibility index (Phi) is 5.88. The minimum atomic E-state index is 1.58. The second kappa shape index (κ2) is 8.24. The van der Waals surface area contributed by atoms with Crippen LogP contribution in [0.3, 0.4) is 0 Å². The topological polar surface area (TPSA) is 86.0 Å². The fourth-order valence-corrected chi connectivity index (χ4v) is 0.660. The van der Waals surface area contributed by atoms with E-state index in [2.05, 4.69) is 30.4 Å². The van der Waals surface area contributed by atoms with Crippen LogP contribution < -0.4 is 0 Å². The van der Waals surface area contributed by atoms with Gasteiger partial charge in [0.15, 0.2) is 0 Å². The summed E-state index contributed by atoms with van der Waals surface area (Å²) in [5, 5.41) is 9.33. The Morgan fingerprint density at radius 3 is 1.67 bits per heavy atom. The monoisotopic (exact) mass is 204 g/mol. The van der Waals surface area contributed by atoms with E-state index in [1.807, 2.05) is 24.5 Å². The average molecular weight is 204 g/mol. The van der Waals surface area contributed by atoms with Crippen molar-refractivity contribution in [3.8, 4) is 0 Å². The van der Waals surface area contributed by atoms with Gasteiger partial charge in [0, 0.05) is 24.8 Å². The van der Waals surface area contributed by atoms with Crippen molar-refractivity contribution in [1.82, 2.24) is 30.4 Å². The molecule has 0 aliphatic rings. The van der Waals surface area contributed by atoms with Crippen LogP contribution in [0.5, 0.6) is 0 Å². The lowest BCUT2D eigenvalue weighted by Crippen LogP contribution is -1.61. The average Bonchev–Trinajstić information content (AvgIpc) is 3.09. The Morgan fingerprint density at radius 1 is 0.733 bits per heavy atom. The summed E-state index contributed by atoms with van der Waals surface area (Å²) in [5.74, 6) is 0. The highest BCUT2D eigenvalue weighted by molar-refractivity contribution is 4.84. The first-order chi connectivity index (χ1) is 7.50. The number of rotatable bonds is 0. The maximum absolute atomic E-state index is 3.67. The van der Waals surface area contributed by atoms with Gasteiger partial charge in [0.1, 0.15) is 0 Å². The zero-order chi connectivity index (χ0) is 10.6. The van der Waals surface area contributed by atoms with Gasteiger partial charge >= 0.3 is 0 Å². The predicted molar refractivity (Wildman–Crippen MR) is 55.8 cm³/mol. The van der Waals surface area contributed by atoms with Crippen LogP contribution in [-0.4, -0.2) is 30.4 Å². The van der Waals surface area contributed by atoms with E-state index in [1.165, 1.54) is 0 Å². The van der Waals surface area contributed by atoms with Crippen LogP contribution in [-0.2, 0) is 0 Å². The molecule has 0 unspecified atom stereocenters. The lowest BCUT2D eigenvalue weighted by molar-refractivity contribution is 0.940. The molecule has 78 valence electrons. The van der Waals surface area contributed by atoms with Crippen molar-refractivity contribution in [2.75, 3.05) is 0 Å². The van der Waals surface area contributed by atoms with Crippen LogP contribution >= 0.6 is 0 Å². The number of hydrogen-bond donors (Lipinski definition) is 3. The molecule has 0 fully saturated rings. The summed E-state index contributed by atoms with van der Waals surface area (Å²) >= 11 is 0. The van der Waals surface area contributed by atoms with Crippen molar-refractivity contribution in [1.29, 1.82) is 0 Å². The molecule has 3 aromatic rings. The first-order valence-electron chi connectivity index (χ1n) is 4.30. The summed E-state index contributed by atoms with van der Waals surface area (Å²) in [6.45, 7) is 0. The quantitative estimate of drug-likeness (QED) is 0.514. The molecule has 0 aromatic carbocycles. The summed E-state index contributed by atoms with van der Waals surface area (Å²) in [6, 6.07) is 3.89. The van der Waals surface area contributed by atoms with E-state index in [0.29, 0.717) is 0 Å². The van der Waals surface area contributed by atoms with Gasteiger partial charge in [-0.15, -0.1) is 0 Å². The fourth-order valence-electron chi connectivity index (χ4n) is 0.660. The Bertz CT molecular complexity index is 247. The van der Waals surface area contributed by atoms with E-state index in [1.54, 1.807) is 31.1 Å². The first-order valence-corrected chi connectivity index (χ1v) is 4.30. The minimum Gasteiger partial charge on any atom is -0.368 e. The molecule has 0 aliphatic heterocycles. The maximum atomic E-state index is 3.67. The fraction of sp³-hybridized carbons (Fsp3) is 0. The number of hydrogen-bond acceptors (Lipinski definition) is 3. The van der Waals surface area contributed by atoms with Crippen LogP contribution in [0.15, 0.2) is 55.6 Å². The molecule has 3 aromatic heterocycles. The molecule has 0 radical (unpaired) electrons. The summed E-state index contributed by atoms with van der Waals surface area (Å²) < 4.78 is 0. The van der Waals surface area contributed by atoms with Gasteiger partial charge in [0.2, 0.25) is 0 Å². The van der Waals surface area contributed by atoms with Crippen molar-refractivity contribution in [2.24, 2.45) is 0 Å². The van der Waals surface area contributed by atoms with Gasteiger partial charge in [-0.2, -0.15) is 15.4 Å². The van der Waals surface area contributed by atoms with Gasteiger partial charge in [0.05, 0.1) is 18.7 Å². The minimum absolute atomic E-state index is 1.58. The number of nitrogens with zero attached hydrogens (tertiary/aromatic N) is 3. The van der Waals surface area contributed by atoms with Crippen LogP contribution in [0.25, 0.3) is 0 Å². The zero-order valence-corrected chi connectivity index (χ0v) is 8.04. The van der Waals surface area contributed by atoms with Crippen molar-refractivity contribution < 1.29 is 0 Å². The molecule has 0 amide bonds. The molecule has 6 heteroatoms. The van der Waals surface area contributed by atoms with Gasteiger partial charge in [0.25, 0.3) is 0 Å². The Hall–Kier alpha value is -2.37. The molecule has 3 rings (SSSR count). The Balaban J connectivity index is 0.000000112. The second-order valence-electron chi connectivity index (χ2n) is 2.30. The molecule has 0 saturated heterocycles. The molecule has 0 bridgehead atoms. The van der Waals surface area contributed by atoms with Gasteiger partial charge in [-0.1, -0.05) is 0 Å². The van der Waals surface area contributed by atoms with Gasteiger partial charge in [-0.25, -0.2) is 4.98 Å². The van der Waals surface area contributed by atoms with Crippen LogP contribution in [0.1, 0.15) is 0 Å². The molecule has 15 heavy (non-hydrogen) atoms. The van der Waals surface area contributed by atoms with Crippen molar-refractivity contribution >= 4 is 0 Å². The summed E-state index contributed by atoms with van der Waals surface area (Å²) in [5.41, 5.74) is 0. The molecule has 0 saturated carbocycles. The van der Waals surface area contributed by atoms with E-state index in [-0.39, 0.29) is 0 Å². The number of nitrogens with one attached hydrogen (secondary N) is 3. The summed E-state index contributed by atoms with van der Waals surface area (Å²) in [7, 11) is 0. The Labute approximate surface area is 86.8 Å². The van der Waals surface area contributed by atoms with Crippen molar-refractivity contribution in [2.45, 2.75) is 0 Å². The molecule has 3 heterocycles. The highest BCUT2D eigenvalue weighted by Gasteiger charge is 1.57. The lowest BCUT2D eigenvalue weighted by atomic mass is 10.7. The van der Waals surface area contributed by atoms with E-state index in [0.717, 1.165) is 0 Å². The molecule has 0 spiro atoms. The van der Waals surface area contributed by atoms with Crippen molar-refractivity contribution in [3.05, 3.63) is 55.6 Å². The summed E-state index contributed by atoms with van der Waals surface area (Å²) in [6.07, 6.45) is 12.0. The molecule has 3 N–H and O–H groups in total. The maximum Gasteiger partial charge on any atom is 0.0919 e. The third kappa shape index (κ3) is 6.76. The third-order valence-electron chi connectivity index (χ3n) is 1.23. The van der Waals surface area contributed by atoms with E-state index >= 15 is 0 Å². The number of imidazole rings is 1. The van der Waals surface area contributed by atoms with Gasteiger partial charge in [-0.3, -0.25) is 0 Å². The van der Waals surface area contributed by atoms with Crippen LogP contribution in [0.4, 0.5) is 0 Å². The second-order valence-corrected chi connectivity index (χ2v) is 2.30. The Morgan fingerprint density at radius 2 is 1.47 bits per heavy atom. The number of H-pyrrole nitrogens is 3. The molecular formula is C9H12N6. The highest BCUT2D eigenvalue weighted by Crippen LogP contribution is 1.72. The summed E-state index contributed by atoms with van der Waals surface area (Å²) in [4.78, 5) is 9.28. The molecule has 0 aliphatic carbocycles. The molecule has 0 atom stereocenters. The van der Waals surface area contributed by atoms with Gasteiger partial charge in [-0.05, 0) is 12.1 Å². The first kappa shape index (κ1) is 10.7. The van der Waals surface area contributed by atoms with Crippen LogP contribution in [0.2, 0.25) is 0 Å². The third-order valence-corrected chi connectivity index (χ3v) is 1.23. The smallest absolute Gasteiger partial charge is 0.0919 e. The van der Waals surface area contributed by atoms with E-state index in [4.69, 9.17) is 0 Å². The normalized spacial score (nSPS) is 8.00. The van der Waals surface area contributed by atoms with Gasteiger partial charge < -0.3 is 9.97 Å². The van der Waals surface area contributed by atoms with Crippen molar-refractivity contribution in [3.63, 3.8) is 0 Å². The largest absolute Gasteiger partial charge is 0.368 e. The molecule has 6 nitrogen and oxygen atoms in total. The van der Waals surface area contributed by atoms with E-state index < -0.39 is 0 Å². The van der Waals surface area contributed by atoms with Crippen LogP contribution in [0, 0.1) is 0 Å².